The molecule has 0 atom stereocenters. The zero-order chi connectivity index (χ0) is 19.2. The van der Waals surface area contributed by atoms with E-state index in [1.54, 1.807) is 12.2 Å². The summed E-state index contributed by atoms with van der Waals surface area (Å²) in [5.74, 6) is 0.503. The summed E-state index contributed by atoms with van der Waals surface area (Å²) in [6, 6.07) is 11.0. The largest absolute Gasteiger partial charge is 0.385 e. The second-order valence-corrected chi connectivity index (χ2v) is 7.25. The molecule has 0 aliphatic heterocycles. The standard InChI is InChI=1S/C21H23BrN4O/c1-2-5-20(23)24-14-8-10-15(11-9-14)25-21(27)26-19-13-12-18(22)16-6-3-4-7-17(16)19/h2,5,8-13,24H,1,3-4,6-7,23H2,(H2,25,26,27)/b20-5-. The third-order valence-corrected chi connectivity index (χ3v) is 5.20. The monoisotopic (exact) mass is 426 g/mol. The smallest absolute Gasteiger partial charge is 0.323 e. The van der Waals surface area contributed by atoms with Gasteiger partial charge in [-0.3, -0.25) is 0 Å². The zero-order valence-corrected chi connectivity index (χ0v) is 16.6. The molecule has 0 heterocycles. The highest BCUT2D eigenvalue weighted by atomic mass is 79.9. The molecule has 0 unspecified atom stereocenters. The van der Waals surface area contributed by atoms with Crippen LogP contribution in [-0.2, 0) is 12.8 Å². The lowest BCUT2D eigenvalue weighted by Crippen LogP contribution is -2.21. The number of allylic oxidation sites excluding steroid dienone is 2. The molecule has 5 N–H and O–H groups in total. The molecule has 0 spiro atoms. The molecule has 2 amide bonds. The first-order chi connectivity index (χ1) is 13.1. The number of amides is 2. The molecular formula is C21H23BrN4O. The number of carbonyl (C=O) groups excluding carboxylic acids is 1. The van der Waals surface area contributed by atoms with Gasteiger partial charge < -0.3 is 21.7 Å². The van der Waals surface area contributed by atoms with Crippen molar-refractivity contribution in [3.63, 3.8) is 0 Å². The van der Waals surface area contributed by atoms with Crippen LogP contribution in [0.25, 0.3) is 0 Å². The Morgan fingerprint density at radius 3 is 2.26 bits per heavy atom. The topological polar surface area (TPSA) is 79.2 Å². The van der Waals surface area contributed by atoms with Crippen LogP contribution < -0.4 is 21.7 Å². The maximum absolute atomic E-state index is 12.4. The van der Waals surface area contributed by atoms with E-state index in [9.17, 15) is 4.79 Å². The van der Waals surface area contributed by atoms with E-state index in [4.69, 9.17) is 5.73 Å². The van der Waals surface area contributed by atoms with Gasteiger partial charge in [-0.05, 0) is 79.3 Å². The molecule has 140 valence electrons. The number of nitrogens with one attached hydrogen (secondary N) is 3. The fourth-order valence-electron chi connectivity index (χ4n) is 3.20. The first-order valence-electron chi connectivity index (χ1n) is 8.90. The van der Waals surface area contributed by atoms with Gasteiger partial charge in [-0.15, -0.1) is 0 Å². The van der Waals surface area contributed by atoms with Crippen LogP contribution >= 0.6 is 15.9 Å². The van der Waals surface area contributed by atoms with Crippen LogP contribution in [0.3, 0.4) is 0 Å². The van der Waals surface area contributed by atoms with Crippen molar-refractivity contribution in [3.8, 4) is 0 Å². The van der Waals surface area contributed by atoms with Gasteiger partial charge in [-0.2, -0.15) is 0 Å². The van der Waals surface area contributed by atoms with Crippen LogP contribution in [0, 0.1) is 0 Å². The van der Waals surface area contributed by atoms with Crippen LogP contribution in [0.4, 0.5) is 21.9 Å². The molecule has 6 heteroatoms. The van der Waals surface area contributed by atoms with Gasteiger partial charge in [-0.1, -0.05) is 28.6 Å². The third kappa shape index (κ3) is 4.92. The zero-order valence-electron chi connectivity index (χ0n) is 15.0. The van der Waals surface area contributed by atoms with E-state index in [1.165, 1.54) is 17.5 Å². The van der Waals surface area contributed by atoms with Crippen molar-refractivity contribution >= 4 is 39.0 Å². The number of halogens is 1. The molecular weight excluding hydrogens is 404 g/mol. The fraction of sp³-hybridized carbons (Fsp3) is 0.190. The van der Waals surface area contributed by atoms with Gasteiger partial charge in [0.2, 0.25) is 0 Å². The van der Waals surface area contributed by atoms with Crippen LogP contribution in [0.2, 0.25) is 0 Å². The quantitative estimate of drug-likeness (QED) is 0.485. The number of urea groups is 1. The van der Waals surface area contributed by atoms with Crippen molar-refractivity contribution < 1.29 is 4.79 Å². The van der Waals surface area contributed by atoms with Gasteiger partial charge in [0, 0.05) is 21.5 Å². The second kappa shape index (κ2) is 8.77. The van der Waals surface area contributed by atoms with Crippen LogP contribution in [0.15, 0.2) is 65.4 Å². The number of nitrogens with two attached hydrogens (primary N) is 1. The lowest BCUT2D eigenvalue weighted by atomic mass is 9.90. The Hall–Kier alpha value is -2.73. The van der Waals surface area contributed by atoms with Gasteiger partial charge in [0.1, 0.15) is 5.82 Å². The van der Waals surface area contributed by atoms with E-state index in [0.717, 1.165) is 35.1 Å². The molecule has 0 bridgehead atoms. The molecule has 0 fully saturated rings. The average Bonchev–Trinajstić information content (AvgIpc) is 2.66. The first kappa shape index (κ1) is 19.0. The minimum absolute atomic E-state index is 0.253. The highest BCUT2D eigenvalue weighted by Gasteiger charge is 2.17. The maximum atomic E-state index is 12.4. The number of anilines is 3. The molecule has 3 rings (SSSR count). The van der Waals surface area contributed by atoms with Gasteiger partial charge in [0.25, 0.3) is 0 Å². The Morgan fingerprint density at radius 2 is 1.59 bits per heavy atom. The van der Waals surface area contributed by atoms with Gasteiger partial charge in [0.05, 0.1) is 0 Å². The van der Waals surface area contributed by atoms with Gasteiger partial charge in [0.15, 0.2) is 0 Å². The lowest BCUT2D eigenvalue weighted by molar-refractivity contribution is 0.262. The molecule has 0 radical (unpaired) electrons. The Morgan fingerprint density at radius 1 is 0.963 bits per heavy atom. The molecule has 0 aromatic heterocycles. The fourth-order valence-corrected chi connectivity index (χ4v) is 3.77. The minimum Gasteiger partial charge on any atom is -0.385 e. The van der Waals surface area contributed by atoms with Crippen molar-refractivity contribution in [2.45, 2.75) is 25.7 Å². The van der Waals surface area contributed by atoms with Crippen LogP contribution in [0.5, 0.6) is 0 Å². The summed E-state index contributed by atoms with van der Waals surface area (Å²) in [5, 5.41) is 8.89. The van der Waals surface area contributed by atoms with Gasteiger partial charge >= 0.3 is 6.03 Å². The number of rotatable bonds is 5. The number of hydrogen-bond acceptors (Lipinski definition) is 3. The SMILES string of the molecule is C=C/C=C(/N)Nc1ccc(NC(=O)Nc2ccc(Br)c3c2CCCC3)cc1. The average molecular weight is 427 g/mol. The van der Waals surface area contributed by atoms with Crippen LogP contribution in [-0.4, -0.2) is 6.03 Å². The van der Waals surface area contributed by atoms with E-state index in [2.05, 4.69) is 38.5 Å². The maximum Gasteiger partial charge on any atom is 0.323 e. The highest BCUT2D eigenvalue weighted by Crippen LogP contribution is 2.33. The van der Waals surface area contributed by atoms with E-state index in [1.807, 2.05) is 36.4 Å². The first-order valence-corrected chi connectivity index (χ1v) is 9.69. The predicted molar refractivity (Wildman–Crippen MR) is 116 cm³/mol. The molecule has 27 heavy (non-hydrogen) atoms. The summed E-state index contributed by atoms with van der Waals surface area (Å²) in [5.41, 5.74) is 10.7. The third-order valence-electron chi connectivity index (χ3n) is 4.45. The van der Waals surface area contributed by atoms with Gasteiger partial charge in [-0.25, -0.2) is 4.79 Å². The number of benzene rings is 2. The van der Waals surface area contributed by atoms with E-state index in [-0.39, 0.29) is 6.03 Å². The summed E-state index contributed by atoms with van der Waals surface area (Å²) in [7, 11) is 0. The van der Waals surface area contributed by atoms with Crippen LogP contribution in [0.1, 0.15) is 24.0 Å². The summed E-state index contributed by atoms with van der Waals surface area (Å²) >= 11 is 3.62. The Kier molecular flexibility index (Phi) is 6.19. The summed E-state index contributed by atoms with van der Waals surface area (Å²) in [6.07, 6.45) is 7.67. The van der Waals surface area contributed by atoms with Crippen molar-refractivity contribution in [2.75, 3.05) is 16.0 Å². The second-order valence-electron chi connectivity index (χ2n) is 6.40. The number of carbonyl (C=O) groups is 1. The van der Waals surface area contributed by atoms with E-state index < -0.39 is 0 Å². The molecule has 0 saturated heterocycles. The molecule has 2 aromatic rings. The van der Waals surface area contributed by atoms with Crippen molar-refractivity contribution in [2.24, 2.45) is 5.73 Å². The highest BCUT2D eigenvalue weighted by molar-refractivity contribution is 9.10. The molecule has 1 aliphatic carbocycles. The van der Waals surface area contributed by atoms with Crippen molar-refractivity contribution in [1.29, 1.82) is 0 Å². The number of fused-ring (bicyclic) bond motifs is 1. The van der Waals surface area contributed by atoms with Crippen molar-refractivity contribution in [1.82, 2.24) is 0 Å². The normalized spacial score (nSPS) is 13.4. The summed E-state index contributed by atoms with van der Waals surface area (Å²) in [4.78, 5) is 12.4. The van der Waals surface area contributed by atoms with E-state index in [0.29, 0.717) is 11.5 Å². The number of hydrogen-bond donors (Lipinski definition) is 4. The molecule has 0 saturated carbocycles. The van der Waals surface area contributed by atoms with Crippen molar-refractivity contribution in [3.05, 3.63) is 76.5 Å². The Labute approximate surface area is 167 Å². The Bertz CT molecular complexity index is 874. The lowest BCUT2D eigenvalue weighted by Gasteiger charge is -2.21. The molecule has 2 aromatic carbocycles. The minimum atomic E-state index is -0.253. The Balaban J connectivity index is 1.65. The summed E-state index contributed by atoms with van der Waals surface area (Å²) < 4.78 is 1.12. The van der Waals surface area contributed by atoms with E-state index >= 15 is 0 Å². The molecule has 5 nitrogen and oxygen atoms in total. The molecule has 1 aliphatic rings. The summed E-state index contributed by atoms with van der Waals surface area (Å²) in [6.45, 7) is 3.60. The predicted octanol–water partition coefficient (Wildman–Crippen LogP) is 5.37.